The Labute approximate surface area is 123 Å². The van der Waals surface area contributed by atoms with Crippen molar-refractivity contribution >= 4 is 23.2 Å². The van der Waals surface area contributed by atoms with Crippen LogP contribution in [0.3, 0.4) is 0 Å². The van der Waals surface area contributed by atoms with Crippen molar-refractivity contribution in [1.29, 1.82) is 0 Å². The smallest absolute Gasteiger partial charge is 0.256 e. The monoisotopic (exact) mass is 289 g/mol. The summed E-state index contributed by atoms with van der Waals surface area (Å²) >= 11 is 5.93. The van der Waals surface area contributed by atoms with Gasteiger partial charge in [0.2, 0.25) is 0 Å². The van der Waals surface area contributed by atoms with E-state index in [1.807, 2.05) is 19.1 Å². The highest BCUT2D eigenvalue weighted by Crippen LogP contribution is 2.24. The summed E-state index contributed by atoms with van der Waals surface area (Å²) in [5.74, 6) is -0.158. The molecule has 0 saturated carbocycles. The van der Waals surface area contributed by atoms with Crippen molar-refractivity contribution in [2.45, 2.75) is 13.0 Å². The number of nitrogen functional groups attached to an aromatic ring is 1. The maximum atomic E-state index is 12.5. The van der Waals surface area contributed by atoms with Crippen LogP contribution in [-0.4, -0.2) is 22.8 Å². The predicted octanol–water partition coefficient (Wildman–Crippen LogP) is 3.15. The van der Waals surface area contributed by atoms with Crippen molar-refractivity contribution in [3.63, 3.8) is 0 Å². The van der Waals surface area contributed by atoms with Crippen molar-refractivity contribution in [1.82, 2.24) is 9.88 Å². The Morgan fingerprint density at radius 1 is 1.30 bits per heavy atom. The molecule has 1 amide bonds. The zero-order chi connectivity index (χ0) is 14.7. The van der Waals surface area contributed by atoms with Gasteiger partial charge in [0.15, 0.2) is 0 Å². The average Bonchev–Trinajstić information content (AvgIpc) is 2.48. The highest BCUT2D eigenvalue weighted by molar-refractivity contribution is 6.31. The predicted molar refractivity (Wildman–Crippen MR) is 80.6 cm³/mol. The van der Waals surface area contributed by atoms with E-state index in [9.17, 15) is 4.79 Å². The Bertz CT molecular complexity index is 616. The van der Waals surface area contributed by atoms with E-state index in [4.69, 9.17) is 17.3 Å². The molecule has 0 spiro atoms. The van der Waals surface area contributed by atoms with Crippen molar-refractivity contribution in [3.8, 4) is 0 Å². The second kappa shape index (κ2) is 5.92. The first-order chi connectivity index (χ1) is 9.50. The number of anilines is 1. The molecule has 2 rings (SSSR count). The third kappa shape index (κ3) is 2.91. The zero-order valence-electron chi connectivity index (χ0n) is 11.4. The van der Waals surface area contributed by atoms with E-state index in [1.165, 1.54) is 0 Å². The largest absolute Gasteiger partial charge is 0.398 e. The first-order valence-electron chi connectivity index (χ1n) is 6.23. The molecule has 0 fully saturated rings. The van der Waals surface area contributed by atoms with Gasteiger partial charge in [-0.25, -0.2) is 0 Å². The minimum absolute atomic E-state index is 0.0797. The van der Waals surface area contributed by atoms with E-state index in [0.29, 0.717) is 16.3 Å². The molecule has 1 unspecified atom stereocenters. The first kappa shape index (κ1) is 14.3. The standard InChI is InChI=1S/C15H16ClN3O/c1-10(11-5-7-18-8-6-11)19(2)15(20)13-9-12(16)3-4-14(13)17/h3-10H,17H2,1-2H3. The molecule has 20 heavy (non-hydrogen) atoms. The lowest BCUT2D eigenvalue weighted by molar-refractivity contribution is 0.0743. The number of carbonyl (C=O) groups excluding carboxylic acids is 1. The van der Waals surface area contributed by atoms with E-state index >= 15 is 0 Å². The van der Waals surface area contributed by atoms with Gasteiger partial charge >= 0.3 is 0 Å². The molecule has 104 valence electrons. The number of carbonyl (C=O) groups is 1. The Morgan fingerprint density at radius 3 is 2.60 bits per heavy atom. The Morgan fingerprint density at radius 2 is 1.95 bits per heavy atom. The number of aromatic nitrogens is 1. The molecule has 0 aliphatic rings. The van der Waals surface area contributed by atoms with Gasteiger partial charge < -0.3 is 10.6 Å². The highest BCUT2D eigenvalue weighted by atomic mass is 35.5. The van der Waals surface area contributed by atoms with E-state index in [1.54, 1.807) is 42.5 Å². The summed E-state index contributed by atoms with van der Waals surface area (Å²) in [7, 11) is 1.74. The maximum absolute atomic E-state index is 12.5. The molecule has 2 aromatic rings. The molecule has 1 aromatic heterocycles. The van der Waals surface area contributed by atoms with Gasteiger partial charge in [0.1, 0.15) is 0 Å². The Hall–Kier alpha value is -2.07. The second-order valence-electron chi connectivity index (χ2n) is 4.60. The van der Waals surface area contributed by atoms with Crippen LogP contribution in [-0.2, 0) is 0 Å². The lowest BCUT2D eigenvalue weighted by Crippen LogP contribution is -2.30. The summed E-state index contributed by atoms with van der Waals surface area (Å²) < 4.78 is 0. The fourth-order valence-electron chi connectivity index (χ4n) is 1.95. The number of halogens is 1. The lowest BCUT2D eigenvalue weighted by Gasteiger charge is -2.26. The van der Waals surface area contributed by atoms with Crippen molar-refractivity contribution < 1.29 is 4.79 Å². The normalized spacial score (nSPS) is 11.9. The van der Waals surface area contributed by atoms with Gasteiger partial charge in [-0.1, -0.05) is 11.6 Å². The van der Waals surface area contributed by atoms with Gasteiger partial charge in [0.05, 0.1) is 11.6 Å². The van der Waals surface area contributed by atoms with Gasteiger partial charge in [-0.15, -0.1) is 0 Å². The average molecular weight is 290 g/mol. The topological polar surface area (TPSA) is 59.2 Å². The maximum Gasteiger partial charge on any atom is 0.256 e. The number of amides is 1. The van der Waals surface area contributed by atoms with Crippen LogP contribution in [0.2, 0.25) is 5.02 Å². The van der Waals surface area contributed by atoms with Crippen LogP contribution >= 0.6 is 11.6 Å². The molecule has 1 aromatic carbocycles. The van der Waals surface area contributed by atoms with Crippen LogP contribution in [0.25, 0.3) is 0 Å². The summed E-state index contributed by atoms with van der Waals surface area (Å²) in [6.07, 6.45) is 3.41. The van der Waals surface area contributed by atoms with Gasteiger partial charge in [-0.05, 0) is 42.8 Å². The number of nitrogens with zero attached hydrogens (tertiary/aromatic N) is 2. The SMILES string of the molecule is CC(c1ccncc1)N(C)C(=O)c1cc(Cl)ccc1N. The lowest BCUT2D eigenvalue weighted by atomic mass is 10.1. The van der Waals surface area contributed by atoms with Crippen LogP contribution in [0, 0.1) is 0 Å². The third-order valence-corrected chi connectivity index (χ3v) is 3.57. The number of hydrogen-bond acceptors (Lipinski definition) is 3. The first-order valence-corrected chi connectivity index (χ1v) is 6.60. The number of hydrogen-bond donors (Lipinski definition) is 1. The Kier molecular flexibility index (Phi) is 4.25. The zero-order valence-corrected chi connectivity index (χ0v) is 12.1. The molecule has 1 atom stereocenters. The minimum Gasteiger partial charge on any atom is -0.398 e. The molecule has 0 aliphatic carbocycles. The van der Waals surface area contributed by atoms with Crippen LogP contribution in [0.5, 0.6) is 0 Å². The van der Waals surface area contributed by atoms with Crippen molar-refractivity contribution in [2.24, 2.45) is 0 Å². The molecule has 0 saturated heterocycles. The van der Waals surface area contributed by atoms with E-state index < -0.39 is 0 Å². The molecule has 4 nitrogen and oxygen atoms in total. The molecule has 0 aliphatic heterocycles. The summed E-state index contributed by atoms with van der Waals surface area (Å²) in [6.45, 7) is 1.95. The number of rotatable bonds is 3. The van der Waals surface area contributed by atoms with Crippen LogP contribution in [0.1, 0.15) is 28.9 Å². The number of nitrogens with two attached hydrogens (primary N) is 1. The molecule has 2 N–H and O–H groups in total. The van der Waals surface area contributed by atoms with Gasteiger partial charge in [0, 0.05) is 30.2 Å². The molecular weight excluding hydrogens is 274 g/mol. The van der Waals surface area contributed by atoms with Crippen LogP contribution < -0.4 is 5.73 Å². The Balaban J connectivity index is 2.27. The highest BCUT2D eigenvalue weighted by Gasteiger charge is 2.20. The minimum atomic E-state index is -0.158. The summed E-state index contributed by atoms with van der Waals surface area (Å²) in [4.78, 5) is 18.1. The fourth-order valence-corrected chi connectivity index (χ4v) is 2.12. The van der Waals surface area contributed by atoms with Crippen molar-refractivity contribution in [2.75, 3.05) is 12.8 Å². The van der Waals surface area contributed by atoms with Crippen molar-refractivity contribution in [3.05, 3.63) is 58.9 Å². The molecule has 0 bridgehead atoms. The second-order valence-corrected chi connectivity index (χ2v) is 5.04. The summed E-state index contributed by atoms with van der Waals surface area (Å²) in [6, 6.07) is 8.59. The molecular formula is C15H16ClN3O. The van der Waals surface area contributed by atoms with E-state index in [0.717, 1.165) is 5.56 Å². The number of benzene rings is 1. The molecule has 5 heteroatoms. The molecule has 0 radical (unpaired) electrons. The van der Waals surface area contributed by atoms with Gasteiger partial charge in [-0.2, -0.15) is 0 Å². The summed E-state index contributed by atoms with van der Waals surface area (Å²) in [5, 5.41) is 0.493. The van der Waals surface area contributed by atoms with E-state index in [2.05, 4.69) is 4.98 Å². The van der Waals surface area contributed by atoms with Gasteiger partial charge in [0.25, 0.3) is 5.91 Å². The fraction of sp³-hybridized carbons (Fsp3) is 0.200. The van der Waals surface area contributed by atoms with E-state index in [-0.39, 0.29) is 11.9 Å². The van der Waals surface area contributed by atoms with Crippen LogP contribution in [0.4, 0.5) is 5.69 Å². The van der Waals surface area contributed by atoms with Gasteiger partial charge in [-0.3, -0.25) is 9.78 Å². The van der Waals surface area contributed by atoms with Crippen LogP contribution in [0.15, 0.2) is 42.7 Å². The number of pyridine rings is 1. The molecule has 1 heterocycles. The quantitative estimate of drug-likeness (QED) is 0.883. The third-order valence-electron chi connectivity index (χ3n) is 3.34. The summed E-state index contributed by atoms with van der Waals surface area (Å²) in [5.41, 5.74) is 7.70.